The highest BCUT2D eigenvalue weighted by molar-refractivity contribution is 5.17. The molecule has 3 nitrogen and oxygen atoms in total. The standard InChI is InChI=1S/C18H30N2O/c1-14(2)19-12-16-9-11-21-18(16)13-20-10-5-7-15-6-3-4-8-17(15)20/h9,11,14-15,17,19H,3-8,10,12-13H2,1-2H3. The molecule has 1 aromatic rings. The Hall–Kier alpha value is -0.800. The fourth-order valence-electron chi connectivity index (χ4n) is 4.09. The van der Waals surface area contributed by atoms with Crippen LogP contribution in [0, 0.1) is 5.92 Å². The summed E-state index contributed by atoms with van der Waals surface area (Å²) >= 11 is 0. The van der Waals surface area contributed by atoms with Gasteiger partial charge in [-0.3, -0.25) is 4.90 Å². The van der Waals surface area contributed by atoms with Gasteiger partial charge in [0.15, 0.2) is 0 Å². The summed E-state index contributed by atoms with van der Waals surface area (Å²) in [5.74, 6) is 2.12. The van der Waals surface area contributed by atoms with Crippen molar-refractivity contribution in [1.29, 1.82) is 0 Å². The van der Waals surface area contributed by atoms with Crippen molar-refractivity contribution in [2.45, 2.75) is 77.5 Å². The molecule has 2 heterocycles. The van der Waals surface area contributed by atoms with Crippen LogP contribution in [0.25, 0.3) is 0 Å². The summed E-state index contributed by atoms with van der Waals surface area (Å²) in [5.41, 5.74) is 1.33. The van der Waals surface area contributed by atoms with Crippen molar-refractivity contribution < 1.29 is 4.42 Å². The Kier molecular flexibility index (Phi) is 5.02. The first kappa shape index (κ1) is 15.1. The minimum absolute atomic E-state index is 0.519. The van der Waals surface area contributed by atoms with Crippen LogP contribution in [0.3, 0.4) is 0 Å². The lowest BCUT2D eigenvalue weighted by atomic mass is 9.78. The number of nitrogens with zero attached hydrogens (tertiary/aromatic N) is 1. The first-order valence-electron chi connectivity index (χ1n) is 8.76. The fourth-order valence-corrected chi connectivity index (χ4v) is 4.09. The average molecular weight is 290 g/mol. The van der Waals surface area contributed by atoms with Crippen LogP contribution in [-0.4, -0.2) is 23.5 Å². The molecule has 3 heteroatoms. The van der Waals surface area contributed by atoms with E-state index in [1.165, 1.54) is 56.4 Å². The molecule has 0 aromatic carbocycles. The number of piperidine rings is 1. The number of hydrogen-bond donors (Lipinski definition) is 1. The van der Waals surface area contributed by atoms with E-state index in [0.29, 0.717) is 6.04 Å². The molecule has 2 atom stereocenters. The minimum atomic E-state index is 0.519. The second-order valence-corrected chi connectivity index (χ2v) is 7.13. The van der Waals surface area contributed by atoms with Gasteiger partial charge >= 0.3 is 0 Å². The Balaban J connectivity index is 1.64. The maximum absolute atomic E-state index is 5.80. The summed E-state index contributed by atoms with van der Waals surface area (Å²) < 4.78 is 5.80. The van der Waals surface area contributed by atoms with E-state index in [1.807, 2.05) is 6.26 Å². The fraction of sp³-hybridized carbons (Fsp3) is 0.778. The van der Waals surface area contributed by atoms with Gasteiger partial charge in [0.25, 0.3) is 0 Å². The highest BCUT2D eigenvalue weighted by Gasteiger charge is 2.33. The SMILES string of the molecule is CC(C)NCc1ccoc1CN1CCCC2CCCCC21. The zero-order valence-corrected chi connectivity index (χ0v) is 13.6. The van der Waals surface area contributed by atoms with Gasteiger partial charge in [-0.1, -0.05) is 26.7 Å². The normalized spacial score (nSPS) is 27.0. The van der Waals surface area contributed by atoms with Crippen LogP contribution in [0.15, 0.2) is 16.7 Å². The highest BCUT2D eigenvalue weighted by Crippen LogP contribution is 2.36. The molecule has 1 aliphatic heterocycles. The minimum Gasteiger partial charge on any atom is -0.468 e. The van der Waals surface area contributed by atoms with E-state index in [-0.39, 0.29) is 0 Å². The molecule has 1 aromatic heterocycles. The van der Waals surface area contributed by atoms with Crippen molar-refractivity contribution in [2.75, 3.05) is 6.54 Å². The molecule has 1 aliphatic carbocycles. The van der Waals surface area contributed by atoms with Gasteiger partial charge in [-0.05, 0) is 44.2 Å². The van der Waals surface area contributed by atoms with Crippen molar-refractivity contribution in [3.8, 4) is 0 Å². The predicted molar refractivity (Wildman–Crippen MR) is 86.1 cm³/mol. The van der Waals surface area contributed by atoms with Crippen molar-refractivity contribution in [3.05, 3.63) is 23.7 Å². The monoisotopic (exact) mass is 290 g/mol. The van der Waals surface area contributed by atoms with Crippen LogP contribution in [0.1, 0.15) is 63.7 Å². The zero-order valence-electron chi connectivity index (χ0n) is 13.6. The Morgan fingerprint density at radius 1 is 1.24 bits per heavy atom. The summed E-state index contributed by atoms with van der Waals surface area (Å²) in [7, 11) is 0. The number of likely N-dealkylation sites (tertiary alicyclic amines) is 1. The maximum Gasteiger partial charge on any atom is 0.122 e. The van der Waals surface area contributed by atoms with E-state index in [9.17, 15) is 0 Å². The van der Waals surface area contributed by atoms with Crippen LogP contribution in [-0.2, 0) is 13.1 Å². The third-order valence-electron chi connectivity index (χ3n) is 5.24. The molecule has 118 valence electrons. The quantitative estimate of drug-likeness (QED) is 0.890. The van der Waals surface area contributed by atoms with Gasteiger partial charge in [0.1, 0.15) is 5.76 Å². The van der Waals surface area contributed by atoms with Gasteiger partial charge in [-0.15, -0.1) is 0 Å². The second kappa shape index (κ2) is 6.97. The van der Waals surface area contributed by atoms with E-state index < -0.39 is 0 Å². The summed E-state index contributed by atoms with van der Waals surface area (Å²) in [4.78, 5) is 2.70. The third-order valence-corrected chi connectivity index (χ3v) is 5.24. The van der Waals surface area contributed by atoms with Gasteiger partial charge in [-0.2, -0.15) is 0 Å². The van der Waals surface area contributed by atoms with E-state index in [2.05, 4.69) is 30.1 Å². The van der Waals surface area contributed by atoms with Gasteiger partial charge in [0.2, 0.25) is 0 Å². The molecule has 0 spiro atoms. The smallest absolute Gasteiger partial charge is 0.122 e. The molecular formula is C18H30N2O. The molecule has 2 aliphatic rings. The molecule has 0 amide bonds. The van der Waals surface area contributed by atoms with E-state index in [1.54, 1.807) is 0 Å². The van der Waals surface area contributed by atoms with Crippen molar-refractivity contribution in [3.63, 3.8) is 0 Å². The number of nitrogens with one attached hydrogen (secondary N) is 1. The molecule has 2 fully saturated rings. The van der Waals surface area contributed by atoms with Gasteiger partial charge in [0, 0.05) is 24.2 Å². The molecule has 1 saturated heterocycles. The molecule has 2 unspecified atom stereocenters. The van der Waals surface area contributed by atoms with Crippen LogP contribution in [0.4, 0.5) is 0 Å². The number of fused-ring (bicyclic) bond motifs is 1. The zero-order chi connectivity index (χ0) is 14.7. The van der Waals surface area contributed by atoms with Gasteiger partial charge in [0.05, 0.1) is 12.8 Å². The largest absolute Gasteiger partial charge is 0.468 e. The molecule has 1 N–H and O–H groups in total. The van der Waals surface area contributed by atoms with E-state index >= 15 is 0 Å². The molecule has 0 bridgehead atoms. The Morgan fingerprint density at radius 2 is 2.05 bits per heavy atom. The van der Waals surface area contributed by atoms with E-state index in [0.717, 1.165) is 25.0 Å². The molecular weight excluding hydrogens is 260 g/mol. The van der Waals surface area contributed by atoms with Crippen LogP contribution in [0.2, 0.25) is 0 Å². The third kappa shape index (κ3) is 3.70. The van der Waals surface area contributed by atoms with Crippen molar-refractivity contribution in [1.82, 2.24) is 10.2 Å². The maximum atomic E-state index is 5.80. The highest BCUT2D eigenvalue weighted by atomic mass is 16.3. The average Bonchev–Trinajstić information content (AvgIpc) is 2.93. The topological polar surface area (TPSA) is 28.4 Å². The van der Waals surface area contributed by atoms with Crippen molar-refractivity contribution in [2.24, 2.45) is 5.92 Å². The van der Waals surface area contributed by atoms with Crippen LogP contribution < -0.4 is 5.32 Å². The van der Waals surface area contributed by atoms with Crippen molar-refractivity contribution >= 4 is 0 Å². The number of hydrogen-bond acceptors (Lipinski definition) is 3. The lowest BCUT2D eigenvalue weighted by Crippen LogP contribution is -2.46. The first-order chi connectivity index (χ1) is 10.2. The summed E-state index contributed by atoms with van der Waals surface area (Å²) in [5, 5.41) is 3.50. The van der Waals surface area contributed by atoms with Gasteiger partial charge in [-0.25, -0.2) is 0 Å². The Bertz CT molecular complexity index is 438. The molecule has 3 rings (SSSR count). The Morgan fingerprint density at radius 3 is 2.90 bits per heavy atom. The Labute approximate surface area is 129 Å². The lowest BCUT2D eigenvalue weighted by molar-refractivity contribution is 0.0492. The molecule has 0 radical (unpaired) electrons. The summed E-state index contributed by atoms with van der Waals surface area (Å²) in [6.45, 7) is 7.56. The molecule has 1 saturated carbocycles. The van der Waals surface area contributed by atoms with Crippen LogP contribution >= 0.6 is 0 Å². The lowest BCUT2D eigenvalue weighted by Gasteiger charge is -2.44. The number of rotatable bonds is 5. The van der Waals surface area contributed by atoms with E-state index in [4.69, 9.17) is 4.42 Å². The predicted octanol–water partition coefficient (Wildman–Crippen LogP) is 3.93. The summed E-state index contributed by atoms with van der Waals surface area (Å²) in [6.07, 6.45) is 10.4. The molecule has 21 heavy (non-hydrogen) atoms. The first-order valence-corrected chi connectivity index (χ1v) is 8.76. The number of furan rings is 1. The van der Waals surface area contributed by atoms with Crippen LogP contribution in [0.5, 0.6) is 0 Å². The second-order valence-electron chi connectivity index (χ2n) is 7.13. The van der Waals surface area contributed by atoms with Gasteiger partial charge < -0.3 is 9.73 Å². The summed E-state index contributed by atoms with van der Waals surface area (Å²) in [6, 6.07) is 3.46.